The van der Waals surface area contributed by atoms with Crippen molar-refractivity contribution in [3.8, 4) is 0 Å². The molecule has 0 radical (unpaired) electrons. The van der Waals surface area contributed by atoms with Gasteiger partial charge < -0.3 is 15.3 Å². The van der Waals surface area contributed by atoms with Gasteiger partial charge in [0, 0.05) is 12.1 Å². The summed E-state index contributed by atoms with van der Waals surface area (Å²) in [7, 11) is 0. The molecule has 2 aliphatic rings. The summed E-state index contributed by atoms with van der Waals surface area (Å²) in [5.41, 5.74) is -0.0667. The first kappa shape index (κ1) is 12.2. The summed E-state index contributed by atoms with van der Waals surface area (Å²) >= 11 is 0. The van der Waals surface area contributed by atoms with Crippen molar-refractivity contribution in [1.29, 1.82) is 0 Å². The number of carbonyl (C=O) groups excluding carboxylic acids is 1. The number of carboxylic acids is 1. The standard InChI is InChI=1S/C12H20N2O3/c1-2-12(6-4-7-12)13-11(17)14-8-3-5-9(14)10(15)16/h9H,2-8H2,1H3,(H,13,17)(H,15,16)/t9-/m1/s1. The van der Waals surface area contributed by atoms with Gasteiger partial charge in [-0.25, -0.2) is 9.59 Å². The second-order valence-electron chi connectivity index (χ2n) is 5.11. The van der Waals surface area contributed by atoms with Crippen molar-refractivity contribution < 1.29 is 14.7 Å². The van der Waals surface area contributed by atoms with Gasteiger partial charge >= 0.3 is 12.0 Å². The Morgan fingerprint density at radius 2 is 2.12 bits per heavy atom. The van der Waals surface area contributed by atoms with Crippen LogP contribution in [0, 0.1) is 0 Å². The first-order chi connectivity index (χ1) is 8.08. The highest BCUT2D eigenvalue weighted by Crippen LogP contribution is 2.35. The van der Waals surface area contributed by atoms with Gasteiger partial charge in [0.15, 0.2) is 0 Å². The number of carboxylic acid groups (broad SMARTS) is 1. The van der Waals surface area contributed by atoms with E-state index in [4.69, 9.17) is 5.11 Å². The first-order valence-corrected chi connectivity index (χ1v) is 6.39. The number of rotatable bonds is 3. The van der Waals surface area contributed by atoms with Crippen molar-refractivity contribution in [2.75, 3.05) is 6.54 Å². The number of hydrogen-bond acceptors (Lipinski definition) is 2. The Hall–Kier alpha value is -1.26. The molecule has 96 valence electrons. The van der Waals surface area contributed by atoms with Crippen molar-refractivity contribution in [2.24, 2.45) is 0 Å². The monoisotopic (exact) mass is 240 g/mol. The third-order valence-corrected chi connectivity index (χ3v) is 4.16. The number of nitrogens with one attached hydrogen (secondary N) is 1. The molecule has 2 N–H and O–H groups in total. The topological polar surface area (TPSA) is 69.6 Å². The molecular formula is C12H20N2O3. The van der Waals surface area contributed by atoms with E-state index < -0.39 is 12.0 Å². The zero-order chi connectivity index (χ0) is 12.5. The number of hydrogen-bond donors (Lipinski definition) is 2. The van der Waals surface area contributed by atoms with Crippen LogP contribution in [0.25, 0.3) is 0 Å². The highest BCUT2D eigenvalue weighted by molar-refractivity contribution is 5.83. The molecule has 1 aliphatic heterocycles. The van der Waals surface area contributed by atoms with E-state index in [0.29, 0.717) is 13.0 Å². The van der Waals surface area contributed by atoms with Crippen LogP contribution in [0.5, 0.6) is 0 Å². The van der Waals surface area contributed by atoms with Crippen molar-refractivity contribution >= 4 is 12.0 Å². The summed E-state index contributed by atoms with van der Waals surface area (Å²) in [5, 5.41) is 12.1. The van der Waals surface area contributed by atoms with Gasteiger partial charge in [-0.2, -0.15) is 0 Å². The smallest absolute Gasteiger partial charge is 0.326 e. The summed E-state index contributed by atoms with van der Waals surface area (Å²) in [4.78, 5) is 24.6. The van der Waals surface area contributed by atoms with Crippen molar-refractivity contribution in [1.82, 2.24) is 10.2 Å². The predicted octanol–water partition coefficient (Wildman–Crippen LogP) is 1.58. The van der Waals surface area contributed by atoms with Crippen LogP contribution in [-0.4, -0.2) is 40.1 Å². The maximum Gasteiger partial charge on any atom is 0.326 e. The molecule has 2 fully saturated rings. The number of amides is 2. The van der Waals surface area contributed by atoms with Crippen LogP contribution >= 0.6 is 0 Å². The number of likely N-dealkylation sites (tertiary alicyclic amines) is 1. The second-order valence-corrected chi connectivity index (χ2v) is 5.11. The largest absolute Gasteiger partial charge is 0.480 e. The summed E-state index contributed by atoms with van der Waals surface area (Å²) in [6.45, 7) is 2.63. The number of aliphatic carboxylic acids is 1. The number of urea groups is 1. The van der Waals surface area contributed by atoms with Crippen LogP contribution in [0.1, 0.15) is 45.4 Å². The van der Waals surface area contributed by atoms with Gasteiger partial charge in [0.1, 0.15) is 6.04 Å². The molecular weight excluding hydrogens is 220 g/mol. The molecule has 0 unspecified atom stereocenters. The molecule has 0 aromatic heterocycles. The minimum absolute atomic E-state index is 0.0667. The van der Waals surface area contributed by atoms with Crippen LogP contribution in [0.4, 0.5) is 4.79 Å². The Labute approximate surface area is 101 Å². The Morgan fingerprint density at radius 3 is 2.59 bits per heavy atom. The highest BCUT2D eigenvalue weighted by Gasteiger charge is 2.40. The van der Waals surface area contributed by atoms with E-state index >= 15 is 0 Å². The van der Waals surface area contributed by atoms with E-state index in [-0.39, 0.29) is 11.6 Å². The maximum absolute atomic E-state index is 12.1. The molecule has 1 atom stereocenters. The van der Waals surface area contributed by atoms with Crippen LogP contribution in [0.3, 0.4) is 0 Å². The van der Waals surface area contributed by atoms with Gasteiger partial charge in [0.2, 0.25) is 0 Å². The Balaban J connectivity index is 1.97. The lowest BCUT2D eigenvalue weighted by molar-refractivity contribution is -0.141. The fourth-order valence-electron chi connectivity index (χ4n) is 2.74. The average Bonchev–Trinajstić information content (AvgIpc) is 2.72. The van der Waals surface area contributed by atoms with Crippen LogP contribution in [0.2, 0.25) is 0 Å². The molecule has 5 nitrogen and oxygen atoms in total. The molecule has 2 amide bonds. The fourth-order valence-corrected chi connectivity index (χ4v) is 2.74. The molecule has 0 bridgehead atoms. The van der Waals surface area contributed by atoms with Crippen molar-refractivity contribution in [3.63, 3.8) is 0 Å². The molecule has 0 aromatic rings. The number of carbonyl (C=O) groups is 2. The predicted molar refractivity (Wildman–Crippen MR) is 62.8 cm³/mol. The van der Waals surface area contributed by atoms with Crippen molar-refractivity contribution in [3.05, 3.63) is 0 Å². The lowest BCUT2D eigenvalue weighted by Crippen LogP contribution is -2.58. The Kier molecular flexibility index (Phi) is 3.26. The summed E-state index contributed by atoms with van der Waals surface area (Å²) in [6.07, 6.45) is 5.45. The Bertz CT molecular complexity index is 320. The average molecular weight is 240 g/mol. The quantitative estimate of drug-likeness (QED) is 0.786. The van der Waals surface area contributed by atoms with E-state index in [1.54, 1.807) is 0 Å². The molecule has 1 heterocycles. The van der Waals surface area contributed by atoms with Gasteiger partial charge in [-0.1, -0.05) is 6.92 Å². The lowest BCUT2D eigenvalue weighted by atomic mass is 9.75. The van der Waals surface area contributed by atoms with Gasteiger partial charge in [-0.15, -0.1) is 0 Å². The fraction of sp³-hybridized carbons (Fsp3) is 0.833. The molecule has 0 aromatic carbocycles. The molecule has 0 spiro atoms. The molecule has 1 aliphatic carbocycles. The molecule has 5 heteroatoms. The molecule has 1 saturated carbocycles. The summed E-state index contributed by atoms with van der Waals surface area (Å²) in [6, 6.07) is -0.833. The Morgan fingerprint density at radius 1 is 1.41 bits per heavy atom. The molecule has 1 saturated heterocycles. The van der Waals surface area contributed by atoms with E-state index in [0.717, 1.165) is 32.1 Å². The minimum atomic E-state index is -0.892. The second kappa shape index (κ2) is 4.55. The van der Waals surface area contributed by atoms with Gasteiger partial charge in [-0.05, 0) is 38.5 Å². The minimum Gasteiger partial charge on any atom is -0.480 e. The van der Waals surface area contributed by atoms with Crippen LogP contribution < -0.4 is 5.32 Å². The van der Waals surface area contributed by atoms with Crippen molar-refractivity contribution in [2.45, 2.75) is 57.0 Å². The SMILES string of the molecule is CCC1(NC(=O)N2CCC[C@@H]2C(=O)O)CCC1. The van der Waals surface area contributed by atoms with E-state index in [2.05, 4.69) is 12.2 Å². The van der Waals surface area contributed by atoms with Gasteiger partial charge in [0.25, 0.3) is 0 Å². The van der Waals surface area contributed by atoms with E-state index in [1.165, 1.54) is 4.90 Å². The normalized spacial score (nSPS) is 26.4. The third kappa shape index (κ3) is 2.23. The number of nitrogens with zero attached hydrogens (tertiary/aromatic N) is 1. The summed E-state index contributed by atoms with van der Waals surface area (Å²) in [5.74, 6) is -0.892. The van der Waals surface area contributed by atoms with E-state index in [9.17, 15) is 9.59 Å². The van der Waals surface area contributed by atoms with Gasteiger partial charge in [0.05, 0.1) is 0 Å². The highest BCUT2D eigenvalue weighted by atomic mass is 16.4. The maximum atomic E-state index is 12.1. The lowest BCUT2D eigenvalue weighted by Gasteiger charge is -2.43. The van der Waals surface area contributed by atoms with Gasteiger partial charge in [-0.3, -0.25) is 0 Å². The molecule has 2 rings (SSSR count). The zero-order valence-electron chi connectivity index (χ0n) is 10.2. The zero-order valence-corrected chi connectivity index (χ0v) is 10.2. The van der Waals surface area contributed by atoms with Crippen LogP contribution in [0.15, 0.2) is 0 Å². The summed E-state index contributed by atoms with van der Waals surface area (Å²) < 4.78 is 0. The van der Waals surface area contributed by atoms with E-state index in [1.807, 2.05) is 0 Å². The molecule has 17 heavy (non-hydrogen) atoms. The third-order valence-electron chi connectivity index (χ3n) is 4.16. The first-order valence-electron chi connectivity index (χ1n) is 6.39. The van der Waals surface area contributed by atoms with Crippen LogP contribution in [-0.2, 0) is 4.79 Å².